The van der Waals surface area contributed by atoms with Crippen molar-refractivity contribution in [1.29, 1.82) is 0 Å². The SMILES string of the molecule is CC(C)Oc1nccnc1NCCN1C(=O)Cc2ccccc21. The molecule has 0 unspecified atom stereocenters. The number of nitrogens with zero attached hydrogens (tertiary/aromatic N) is 3. The van der Waals surface area contributed by atoms with Crippen molar-refractivity contribution in [2.45, 2.75) is 26.4 Å². The van der Waals surface area contributed by atoms with Gasteiger partial charge in [-0.2, -0.15) is 0 Å². The number of carbonyl (C=O) groups excluding carboxylic acids is 1. The monoisotopic (exact) mass is 312 g/mol. The molecule has 1 aromatic heterocycles. The van der Waals surface area contributed by atoms with E-state index in [9.17, 15) is 4.79 Å². The first-order valence-corrected chi connectivity index (χ1v) is 7.75. The molecule has 23 heavy (non-hydrogen) atoms. The minimum Gasteiger partial charge on any atom is -0.472 e. The van der Waals surface area contributed by atoms with E-state index in [1.165, 1.54) is 0 Å². The highest BCUT2D eigenvalue weighted by Crippen LogP contribution is 2.28. The number of fused-ring (bicyclic) bond motifs is 1. The number of hydrogen-bond donors (Lipinski definition) is 1. The Morgan fingerprint density at radius 1 is 1.26 bits per heavy atom. The highest BCUT2D eigenvalue weighted by atomic mass is 16.5. The van der Waals surface area contributed by atoms with E-state index < -0.39 is 0 Å². The Hall–Kier alpha value is -2.63. The maximum Gasteiger partial charge on any atom is 0.257 e. The van der Waals surface area contributed by atoms with Gasteiger partial charge in [0.2, 0.25) is 5.91 Å². The Morgan fingerprint density at radius 3 is 2.87 bits per heavy atom. The fraction of sp³-hybridized carbons (Fsp3) is 0.353. The van der Waals surface area contributed by atoms with Gasteiger partial charge in [0.25, 0.3) is 5.88 Å². The van der Waals surface area contributed by atoms with Crippen LogP contribution < -0.4 is 15.0 Å². The minimum absolute atomic E-state index is 0.0271. The van der Waals surface area contributed by atoms with Crippen LogP contribution >= 0.6 is 0 Å². The van der Waals surface area contributed by atoms with E-state index in [-0.39, 0.29) is 12.0 Å². The first-order valence-electron chi connectivity index (χ1n) is 7.75. The van der Waals surface area contributed by atoms with Crippen LogP contribution in [0.1, 0.15) is 19.4 Å². The van der Waals surface area contributed by atoms with Gasteiger partial charge in [-0.15, -0.1) is 0 Å². The zero-order chi connectivity index (χ0) is 16.2. The van der Waals surface area contributed by atoms with E-state index in [0.29, 0.717) is 31.2 Å². The van der Waals surface area contributed by atoms with Crippen LogP contribution in [0.2, 0.25) is 0 Å². The fourth-order valence-corrected chi connectivity index (χ4v) is 2.60. The molecule has 0 aliphatic carbocycles. The van der Waals surface area contributed by atoms with Crippen LogP contribution in [0, 0.1) is 0 Å². The Labute approximate surface area is 135 Å². The van der Waals surface area contributed by atoms with Gasteiger partial charge in [0.05, 0.1) is 12.5 Å². The number of carbonyl (C=O) groups is 1. The maximum absolute atomic E-state index is 12.1. The molecule has 6 heteroatoms. The maximum atomic E-state index is 12.1. The molecule has 1 aliphatic rings. The number of rotatable bonds is 6. The normalized spacial score (nSPS) is 13.3. The van der Waals surface area contributed by atoms with Crippen LogP contribution in [-0.2, 0) is 11.2 Å². The van der Waals surface area contributed by atoms with Gasteiger partial charge in [0, 0.05) is 31.2 Å². The zero-order valence-electron chi connectivity index (χ0n) is 13.3. The number of aromatic nitrogens is 2. The van der Waals surface area contributed by atoms with Gasteiger partial charge < -0.3 is 15.0 Å². The molecule has 0 saturated carbocycles. The second-order valence-electron chi connectivity index (χ2n) is 5.65. The molecule has 0 radical (unpaired) electrons. The molecule has 0 bridgehead atoms. The van der Waals surface area contributed by atoms with E-state index in [4.69, 9.17) is 4.74 Å². The molecular weight excluding hydrogens is 292 g/mol. The van der Waals surface area contributed by atoms with Crippen molar-refractivity contribution in [2.75, 3.05) is 23.3 Å². The summed E-state index contributed by atoms with van der Waals surface area (Å²) in [7, 11) is 0. The Kier molecular flexibility index (Phi) is 4.41. The molecule has 0 spiro atoms. The average molecular weight is 312 g/mol. The Morgan fingerprint density at radius 2 is 2.04 bits per heavy atom. The zero-order valence-corrected chi connectivity index (χ0v) is 13.3. The van der Waals surface area contributed by atoms with Gasteiger partial charge >= 0.3 is 0 Å². The topological polar surface area (TPSA) is 67.4 Å². The van der Waals surface area contributed by atoms with Gasteiger partial charge in [-0.3, -0.25) is 4.79 Å². The third-order valence-electron chi connectivity index (χ3n) is 3.56. The summed E-state index contributed by atoms with van der Waals surface area (Å²) in [5, 5.41) is 3.20. The molecule has 1 aliphatic heterocycles. The van der Waals surface area contributed by atoms with Crippen LogP contribution in [0.5, 0.6) is 5.88 Å². The lowest BCUT2D eigenvalue weighted by Gasteiger charge is -2.18. The first-order chi connectivity index (χ1) is 11.1. The molecule has 0 saturated heterocycles. The van der Waals surface area contributed by atoms with E-state index in [2.05, 4.69) is 15.3 Å². The Bertz CT molecular complexity index is 702. The van der Waals surface area contributed by atoms with Gasteiger partial charge in [-0.1, -0.05) is 18.2 Å². The molecule has 6 nitrogen and oxygen atoms in total. The van der Waals surface area contributed by atoms with Crippen LogP contribution in [-0.4, -0.2) is 35.1 Å². The quantitative estimate of drug-likeness (QED) is 0.886. The van der Waals surface area contributed by atoms with Crippen molar-refractivity contribution >= 4 is 17.4 Å². The highest BCUT2D eigenvalue weighted by molar-refractivity contribution is 6.01. The number of hydrogen-bond acceptors (Lipinski definition) is 5. The summed E-state index contributed by atoms with van der Waals surface area (Å²) in [6.07, 6.45) is 3.72. The number of anilines is 2. The van der Waals surface area contributed by atoms with Gasteiger partial charge in [0.15, 0.2) is 5.82 Å². The number of nitrogens with one attached hydrogen (secondary N) is 1. The van der Waals surface area contributed by atoms with Gasteiger partial charge in [-0.05, 0) is 25.5 Å². The molecular formula is C17H20N4O2. The van der Waals surface area contributed by atoms with Gasteiger partial charge in [-0.25, -0.2) is 9.97 Å². The number of para-hydroxylation sites is 1. The summed E-state index contributed by atoms with van der Waals surface area (Å²) in [6.45, 7) is 5.04. The fourth-order valence-electron chi connectivity index (χ4n) is 2.60. The van der Waals surface area contributed by atoms with Crippen molar-refractivity contribution in [3.8, 4) is 5.88 Å². The second kappa shape index (κ2) is 6.64. The van der Waals surface area contributed by atoms with Crippen molar-refractivity contribution in [3.63, 3.8) is 0 Å². The van der Waals surface area contributed by atoms with Crippen LogP contribution in [0.4, 0.5) is 11.5 Å². The van der Waals surface area contributed by atoms with Crippen molar-refractivity contribution < 1.29 is 9.53 Å². The predicted octanol–water partition coefficient (Wildman–Crippen LogP) is 2.26. The molecule has 1 amide bonds. The largest absolute Gasteiger partial charge is 0.472 e. The highest BCUT2D eigenvalue weighted by Gasteiger charge is 2.26. The first kappa shape index (κ1) is 15.3. The van der Waals surface area contributed by atoms with E-state index in [0.717, 1.165) is 11.3 Å². The predicted molar refractivity (Wildman–Crippen MR) is 88.8 cm³/mol. The molecule has 2 heterocycles. The molecule has 1 N–H and O–H groups in total. The van der Waals surface area contributed by atoms with Crippen molar-refractivity contribution in [3.05, 3.63) is 42.2 Å². The molecule has 0 atom stereocenters. The van der Waals surface area contributed by atoms with Crippen molar-refractivity contribution in [1.82, 2.24) is 9.97 Å². The number of amides is 1. The van der Waals surface area contributed by atoms with Crippen LogP contribution in [0.25, 0.3) is 0 Å². The Balaban J connectivity index is 1.63. The average Bonchev–Trinajstić information content (AvgIpc) is 2.84. The summed E-state index contributed by atoms with van der Waals surface area (Å²) in [4.78, 5) is 22.4. The van der Waals surface area contributed by atoms with E-state index in [1.54, 1.807) is 12.4 Å². The number of benzene rings is 1. The number of ether oxygens (including phenoxy) is 1. The van der Waals surface area contributed by atoms with Crippen LogP contribution in [0.3, 0.4) is 0 Å². The van der Waals surface area contributed by atoms with E-state index >= 15 is 0 Å². The van der Waals surface area contributed by atoms with Crippen LogP contribution in [0.15, 0.2) is 36.7 Å². The molecule has 3 rings (SSSR count). The minimum atomic E-state index is 0.0271. The van der Waals surface area contributed by atoms with Crippen molar-refractivity contribution in [2.24, 2.45) is 0 Å². The summed E-state index contributed by atoms with van der Waals surface area (Å²) >= 11 is 0. The van der Waals surface area contributed by atoms with E-state index in [1.807, 2.05) is 43.0 Å². The summed E-state index contributed by atoms with van der Waals surface area (Å²) in [5.74, 6) is 1.21. The molecule has 1 aromatic carbocycles. The smallest absolute Gasteiger partial charge is 0.257 e. The third-order valence-corrected chi connectivity index (χ3v) is 3.56. The molecule has 120 valence electrons. The summed E-state index contributed by atoms with van der Waals surface area (Å²) < 4.78 is 5.63. The van der Waals surface area contributed by atoms with Gasteiger partial charge in [0.1, 0.15) is 0 Å². The summed E-state index contributed by atoms with van der Waals surface area (Å²) in [6, 6.07) is 7.89. The molecule has 2 aromatic rings. The lowest BCUT2D eigenvalue weighted by Crippen LogP contribution is -2.32. The lowest BCUT2D eigenvalue weighted by atomic mass is 10.2. The lowest BCUT2D eigenvalue weighted by molar-refractivity contribution is -0.117. The third kappa shape index (κ3) is 3.41. The second-order valence-corrected chi connectivity index (χ2v) is 5.65. The summed E-state index contributed by atoms with van der Waals surface area (Å²) in [5.41, 5.74) is 2.08. The standard InChI is InChI=1S/C17H20N4O2/c1-12(2)23-17-16(18-7-8-20-17)19-9-10-21-14-6-4-3-5-13(14)11-15(21)22/h3-8,12H,9-11H2,1-2H3,(H,18,19). The molecule has 0 fully saturated rings.